The predicted molar refractivity (Wildman–Crippen MR) is 128 cm³/mol. The van der Waals surface area contributed by atoms with E-state index in [-0.39, 0.29) is 6.42 Å². The van der Waals surface area contributed by atoms with Gasteiger partial charge in [0.2, 0.25) is 0 Å². The second-order valence-electron chi connectivity index (χ2n) is 7.50. The van der Waals surface area contributed by atoms with Crippen LogP contribution in [0.25, 0.3) is 0 Å². The second kappa shape index (κ2) is 11.3. The molecule has 0 saturated heterocycles. The largest absolute Gasteiger partial charge is 0.497 e. The van der Waals surface area contributed by atoms with Crippen LogP contribution in [-0.4, -0.2) is 32.3 Å². The van der Waals surface area contributed by atoms with Gasteiger partial charge in [-0.3, -0.25) is 4.79 Å². The molecule has 0 aromatic heterocycles. The van der Waals surface area contributed by atoms with Crippen molar-refractivity contribution in [3.63, 3.8) is 0 Å². The zero-order chi connectivity index (χ0) is 24.7. The first-order valence-corrected chi connectivity index (χ1v) is 11.2. The summed E-state index contributed by atoms with van der Waals surface area (Å²) in [7, 11) is 3.07. The Morgan fingerprint density at radius 1 is 0.912 bits per heavy atom. The molecule has 3 aromatic carbocycles. The number of carbonyl (C=O) groups excluding carboxylic acids is 1. The molecule has 0 bridgehead atoms. The van der Waals surface area contributed by atoms with Crippen LogP contribution in [0.5, 0.6) is 11.5 Å². The molecule has 9 heteroatoms. The maximum atomic E-state index is 13.2. The average molecular weight is 537 g/mol. The Hall–Kier alpha value is -3.20. The highest BCUT2D eigenvalue weighted by Crippen LogP contribution is 2.30. The molecular weight excluding hydrogens is 513 g/mol. The van der Waals surface area contributed by atoms with E-state index in [1.165, 1.54) is 7.11 Å². The molecule has 0 heterocycles. The van der Waals surface area contributed by atoms with Gasteiger partial charge in [-0.05, 0) is 60.0 Å². The van der Waals surface area contributed by atoms with E-state index in [1.807, 2.05) is 6.07 Å². The number of nitrogens with one attached hydrogen (secondary N) is 2. The van der Waals surface area contributed by atoms with E-state index < -0.39 is 24.2 Å². The van der Waals surface area contributed by atoms with Gasteiger partial charge in [-0.25, -0.2) is 0 Å². The number of ether oxygens (including phenoxy) is 2. The molecule has 0 unspecified atom stereocenters. The molecule has 0 aliphatic heterocycles. The van der Waals surface area contributed by atoms with Crippen LogP contribution in [0.2, 0.25) is 0 Å². The summed E-state index contributed by atoms with van der Waals surface area (Å²) in [6.45, 7) is 0. The predicted octanol–water partition coefficient (Wildman–Crippen LogP) is 5.91. The molecule has 5 nitrogen and oxygen atoms in total. The molecule has 2 N–H and O–H groups in total. The molecule has 0 aliphatic rings. The quantitative estimate of drug-likeness (QED) is 0.357. The highest BCUT2D eigenvalue weighted by molar-refractivity contribution is 9.10. The Morgan fingerprint density at radius 3 is 2.00 bits per heavy atom. The topological polar surface area (TPSA) is 59.6 Å². The van der Waals surface area contributed by atoms with Crippen molar-refractivity contribution in [3.05, 3.63) is 88.4 Å². The highest BCUT2D eigenvalue weighted by Gasteiger charge is 2.41. The van der Waals surface area contributed by atoms with Gasteiger partial charge in [0.1, 0.15) is 11.5 Å². The summed E-state index contributed by atoms with van der Waals surface area (Å²) in [6, 6.07) is 19.5. The van der Waals surface area contributed by atoms with E-state index in [9.17, 15) is 18.0 Å². The van der Waals surface area contributed by atoms with Crippen molar-refractivity contribution in [2.75, 3.05) is 19.5 Å². The molecule has 1 amide bonds. The van der Waals surface area contributed by atoms with Crippen LogP contribution in [0.1, 0.15) is 17.2 Å². The van der Waals surface area contributed by atoms with Crippen molar-refractivity contribution in [3.8, 4) is 11.5 Å². The first-order valence-electron chi connectivity index (χ1n) is 10.4. The van der Waals surface area contributed by atoms with Gasteiger partial charge in [0.25, 0.3) is 0 Å². The Labute approximate surface area is 204 Å². The van der Waals surface area contributed by atoms with Crippen LogP contribution in [0.4, 0.5) is 18.9 Å². The number of halogens is 4. The summed E-state index contributed by atoms with van der Waals surface area (Å²) in [5, 5.41) is 5.49. The number of amides is 1. The lowest BCUT2D eigenvalue weighted by atomic mass is 9.93. The van der Waals surface area contributed by atoms with Crippen LogP contribution in [0, 0.1) is 0 Å². The minimum atomic E-state index is -5.02. The van der Waals surface area contributed by atoms with Gasteiger partial charge in [-0.1, -0.05) is 46.3 Å². The van der Waals surface area contributed by atoms with E-state index in [1.54, 1.807) is 73.8 Å². The molecule has 180 valence electrons. The summed E-state index contributed by atoms with van der Waals surface area (Å²) < 4.78 is 50.8. The van der Waals surface area contributed by atoms with Gasteiger partial charge in [-0.2, -0.15) is 13.2 Å². The number of alkyl halides is 3. The van der Waals surface area contributed by atoms with Gasteiger partial charge in [-0.15, -0.1) is 0 Å². The van der Waals surface area contributed by atoms with Gasteiger partial charge in [0, 0.05) is 10.2 Å². The molecule has 3 aromatic rings. The summed E-state index contributed by atoms with van der Waals surface area (Å²) in [4.78, 5) is 12.0. The smallest absolute Gasteiger partial charge is 0.471 e. The third-order valence-electron chi connectivity index (χ3n) is 5.26. The van der Waals surface area contributed by atoms with Gasteiger partial charge >= 0.3 is 12.1 Å². The SMILES string of the molecule is COc1ccc(N[C@H](c2ccc(OC)cc2)[C@H](Cc2ccccc2Br)NC(=O)C(F)(F)F)cc1. The van der Waals surface area contributed by atoms with Gasteiger partial charge in [0.15, 0.2) is 0 Å². The summed E-state index contributed by atoms with van der Waals surface area (Å²) in [6.07, 6.45) is -4.88. The zero-order valence-electron chi connectivity index (χ0n) is 18.5. The molecule has 3 rings (SSSR count). The molecule has 0 radical (unpaired) electrons. The second-order valence-corrected chi connectivity index (χ2v) is 8.35. The highest BCUT2D eigenvalue weighted by atomic mass is 79.9. The van der Waals surface area contributed by atoms with Gasteiger partial charge in [0.05, 0.1) is 26.3 Å². The van der Waals surface area contributed by atoms with Crippen molar-refractivity contribution < 1.29 is 27.4 Å². The fraction of sp³-hybridized carbons (Fsp3) is 0.240. The maximum Gasteiger partial charge on any atom is 0.471 e. The lowest BCUT2D eigenvalue weighted by Gasteiger charge is -2.31. The third kappa shape index (κ3) is 6.66. The van der Waals surface area contributed by atoms with Crippen LogP contribution in [0.15, 0.2) is 77.3 Å². The fourth-order valence-corrected chi connectivity index (χ4v) is 3.94. The molecule has 34 heavy (non-hydrogen) atoms. The summed E-state index contributed by atoms with van der Waals surface area (Å²) in [5.74, 6) is -0.755. The lowest BCUT2D eigenvalue weighted by Crippen LogP contribution is -2.48. The van der Waals surface area contributed by atoms with Crippen LogP contribution >= 0.6 is 15.9 Å². The molecule has 0 fully saturated rings. The number of hydrogen-bond acceptors (Lipinski definition) is 4. The maximum absolute atomic E-state index is 13.2. The standard InChI is InChI=1S/C25H24BrF3N2O3/c1-33-19-11-7-16(8-12-19)23(30-18-9-13-20(34-2)14-10-18)22(31-24(32)25(27,28)29)15-17-5-3-4-6-21(17)26/h3-14,22-23,30H,15H2,1-2H3,(H,31,32)/t22-,23+/m0/s1. The van der Waals surface area contributed by atoms with Crippen molar-refractivity contribution in [1.82, 2.24) is 5.32 Å². The Morgan fingerprint density at radius 2 is 1.47 bits per heavy atom. The fourth-order valence-electron chi connectivity index (χ4n) is 3.50. The van der Waals surface area contributed by atoms with Crippen molar-refractivity contribution >= 4 is 27.5 Å². The first-order chi connectivity index (χ1) is 16.2. The van der Waals surface area contributed by atoms with Crippen molar-refractivity contribution in [2.45, 2.75) is 24.7 Å². The van der Waals surface area contributed by atoms with Crippen LogP contribution in [-0.2, 0) is 11.2 Å². The lowest BCUT2D eigenvalue weighted by molar-refractivity contribution is -0.174. The molecular formula is C25H24BrF3N2O3. The molecule has 2 atom stereocenters. The molecule has 0 spiro atoms. The number of benzene rings is 3. The monoisotopic (exact) mass is 536 g/mol. The summed E-state index contributed by atoms with van der Waals surface area (Å²) >= 11 is 3.45. The summed E-state index contributed by atoms with van der Waals surface area (Å²) in [5.41, 5.74) is 2.08. The average Bonchev–Trinajstić information content (AvgIpc) is 2.83. The number of hydrogen-bond donors (Lipinski definition) is 2. The van der Waals surface area contributed by atoms with E-state index in [4.69, 9.17) is 9.47 Å². The van der Waals surface area contributed by atoms with E-state index >= 15 is 0 Å². The van der Waals surface area contributed by atoms with Crippen LogP contribution in [0.3, 0.4) is 0 Å². The minimum Gasteiger partial charge on any atom is -0.497 e. The van der Waals surface area contributed by atoms with Crippen molar-refractivity contribution in [2.24, 2.45) is 0 Å². The number of carbonyl (C=O) groups is 1. The number of methoxy groups -OCH3 is 2. The number of rotatable bonds is 9. The Balaban J connectivity index is 2.03. The zero-order valence-corrected chi connectivity index (χ0v) is 20.1. The minimum absolute atomic E-state index is 0.142. The Bertz CT molecular complexity index is 1090. The van der Waals surface area contributed by atoms with E-state index in [0.717, 1.165) is 10.0 Å². The molecule has 0 saturated carbocycles. The molecule has 0 aliphatic carbocycles. The van der Waals surface area contributed by atoms with Crippen LogP contribution < -0.4 is 20.1 Å². The van der Waals surface area contributed by atoms with E-state index in [2.05, 4.69) is 26.6 Å². The Kier molecular flexibility index (Phi) is 8.44. The number of anilines is 1. The first kappa shape index (κ1) is 25.4. The van der Waals surface area contributed by atoms with Gasteiger partial charge < -0.3 is 20.1 Å². The third-order valence-corrected chi connectivity index (χ3v) is 6.03. The van der Waals surface area contributed by atoms with E-state index in [0.29, 0.717) is 22.7 Å². The normalized spacial score (nSPS) is 13.0. The van der Waals surface area contributed by atoms with Crippen molar-refractivity contribution in [1.29, 1.82) is 0 Å².